The Bertz CT molecular complexity index is 563. The Kier molecular flexibility index (Phi) is 13.9. The maximum atomic E-state index is 3.59. The Balaban J connectivity index is 1.58. The Hall–Kier alpha value is -1.76. The predicted molar refractivity (Wildman–Crippen MR) is 130 cm³/mol. The molecule has 1 nitrogen and oxygen atoms in total. The molecule has 0 amide bonds. The molecule has 0 aromatic rings. The van der Waals surface area contributed by atoms with E-state index in [1.54, 1.807) is 0 Å². The van der Waals surface area contributed by atoms with E-state index >= 15 is 0 Å². The summed E-state index contributed by atoms with van der Waals surface area (Å²) in [5.41, 5.74) is 1.19. The molecule has 0 unspecified atom stereocenters. The van der Waals surface area contributed by atoms with E-state index in [1.165, 1.54) is 95.6 Å². The number of hydrogen-bond donors (Lipinski definition) is 1. The number of allylic oxidation sites excluding steroid dienone is 11. The lowest BCUT2D eigenvalue weighted by Gasteiger charge is -2.18. The maximum absolute atomic E-state index is 3.59. The van der Waals surface area contributed by atoms with Gasteiger partial charge in [-0.15, -0.1) is 0 Å². The molecule has 0 aromatic heterocycles. The van der Waals surface area contributed by atoms with Crippen molar-refractivity contribution < 1.29 is 0 Å². The average molecular weight is 394 g/mol. The number of rotatable bonds is 8. The van der Waals surface area contributed by atoms with Crippen LogP contribution in [0.15, 0.2) is 72.5 Å². The highest BCUT2D eigenvalue weighted by Gasteiger charge is 2.09. The van der Waals surface area contributed by atoms with Crippen molar-refractivity contribution in [2.75, 3.05) is 6.54 Å². The van der Waals surface area contributed by atoms with Gasteiger partial charge in [0.25, 0.3) is 0 Å². The van der Waals surface area contributed by atoms with Gasteiger partial charge in [-0.3, -0.25) is 0 Å². The molecule has 0 saturated heterocycles. The van der Waals surface area contributed by atoms with E-state index in [0.717, 1.165) is 12.5 Å². The number of hydrogen-bond acceptors (Lipinski definition) is 1. The van der Waals surface area contributed by atoms with Crippen LogP contribution in [-0.4, -0.2) is 6.54 Å². The molecule has 0 radical (unpaired) electrons. The van der Waals surface area contributed by atoms with Crippen LogP contribution in [0.3, 0.4) is 0 Å². The summed E-state index contributed by atoms with van der Waals surface area (Å²) >= 11 is 0. The second kappa shape index (κ2) is 17.1. The van der Waals surface area contributed by atoms with Crippen molar-refractivity contribution in [1.82, 2.24) is 5.32 Å². The summed E-state index contributed by atoms with van der Waals surface area (Å²) in [6.07, 6.45) is 43.1. The Morgan fingerprint density at radius 1 is 0.586 bits per heavy atom. The maximum Gasteiger partial charge on any atom is 0.0340 e. The molecule has 1 N–H and O–H groups in total. The first-order chi connectivity index (χ1) is 14.4. The summed E-state index contributed by atoms with van der Waals surface area (Å²) in [5, 5.41) is 3.59. The minimum absolute atomic E-state index is 1.02. The van der Waals surface area contributed by atoms with Crippen molar-refractivity contribution in [2.24, 2.45) is 5.92 Å². The average Bonchev–Trinajstić information content (AvgIpc) is 2.73. The van der Waals surface area contributed by atoms with Crippen molar-refractivity contribution in [3.8, 4) is 0 Å². The van der Waals surface area contributed by atoms with Crippen LogP contribution < -0.4 is 5.32 Å². The minimum Gasteiger partial charge on any atom is -0.385 e. The zero-order valence-electron chi connectivity index (χ0n) is 18.5. The van der Waals surface area contributed by atoms with Crippen LogP contribution in [0.25, 0.3) is 0 Å². The molecule has 1 fully saturated rings. The van der Waals surface area contributed by atoms with E-state index < -0.39 is 0 Å². The lowest BCUT2D eigenvalue weighted by atomic mass is 9.88. The highest BCUT2D eigenvalue weighted by atomic mass is 14.9. The van der Waals surface area contributed by atoms with E-state index in [4.69, 9.17) is 0 Å². The zero-order valence-corrected chi connectivity index (χ0v) is 18.5. The van der Waals surface area contributed by atoms with Crippen LogP contribution in [-0.2, 0) is 0 Å². The molecule has 2 rings (SSSR count). The largest absolute Gasteiger partial charge is 0.385 e. The van der Waals surface area contributed by atoms with Gasteiger partial charge in [-0.2, -0.15) is 0 Å². The van der Waals surface area contributed by atoms with Gasteiger partial charge in [-0.05, 0) is 24.5 Å². The van der Waals surface area contributed by atoms with E-state index in [-0.39, 0.29) is 0 Å². The van der Waals surface area contributed by atoms with E-state index in [2.05, 4.69) is 53.9 Å². The number of nitrogens with one attached hydrogen (secondary N) is 1. The van der Waals surface area contributed by atoms with Gasteiger partial charge in [0.15, 0.2) is 0 Å². The van der Waals surface area contributed by atoms with Crippen LogP contribution in [0.4, 0.5) is 0 Å². The van der Waals surface area contributed by atoms with Crippen molar-refractivity contribution in [2.45, 2.75) is 89.9 Å². The van der Waals surface area contributed by atoms with Gasteiger partial charge in [0, 0.05) is 12.2 Å². The monoisotopic (exact) mass is 393 g/mol. The molecular formula is C28H43N. The summed E-state index contributed by atoms with van der Waals surface area (Å²) in [7, 11) is 0. The molecule has 0 aromatic carbocycles. The third-order valence-electron chi connectivity index (χ3n) is 6.03. The lowest BCUT2D eigenvalue weighted by Crippen LogP contribution is -2.13. The highest BCUT2D eigenvalue weighted by molar-refractivity contribution is 5.28. The normalized spacial score (nSPS) is 26.7. The summed E-state index contributed by atoms with van der Waals surface area (Å²) < 4.78 is 0. The minimum atomic E-state index is 1.02. The fraction of sp³-hybridized carbons (Fsp3) is 0.571. The first kappa shape index (κ1) is 23.5. The molecule has 1 saturated carbocycles. The molecule has 29 heavy (non-hydrogen) atoms. The standard InChI is InChI=1S/C28H43N/c1-2-7-11-18-24-28(25-19-12-8-3-1)29-26-20-14-13-17-23-27-21-15-9-5-4-6-10-16-22-27/h1-3,7-8,11-12,18-19,24-25,27,29H,4-6,9-10,13-17,20-23,26H2/b2-1-,3-1?,7-2?,8-3-,11-7-,12-8?,18-11?,19-12-,24-18-,25-19?,28-24?,28-25+. The quantitative estimate of drug-likeness (QED) is 0.408. The van der Waals surface area contributed by atoms with Gasteiger partial charge in [0.1, 0.15) is 0 Å². The highest BCUT2D eigenvalue weighted by Crippen LogP contribution is 2.25. The zero-order chi connectivity index (χ0) is 20.2. The topological polar surface area (TPSA) is 12.0 Å². The Morgan fingerprint density at radius 2 is 1.14 bits per heavy atom. The molecule has 0 aliphatic heterocycles. The molecule has 0 spiro atoms. The number of unbranched alkanes of at least 4 members (excludes halogenated alkanes) is 3. The second-order valence-electron chi connectivity index (χ2n) is 8.57. The van der Waals surface area contributed by atoms with Crippen LogP contribution in [0.1, 0.15) is 89.9 Å². The van der Waals surface area contributed by atoms with Gasteiger partial charge in [-0.25, -0.2) is 0 Å². The van der Waals surface area contributed by atoms with Crippen molar-refractivity contribution in [1.29, 1.82) is 0 Å². The molecule has 0 heterocycles. The van der Waals surface area contributed by atoms with Gasteiger partial charge in [-0.1, -0.05) is 138 Å². The van der Waals surface area contributed by atoms with E-state index in [0.29, 0.717) is 0 Å². The molecule has 1 heteroatoms. The lowest BCUT2D eigenvalue weighted by molar-refractivity contribution is 0.356. The van der Waals surface area contributed by atoms with Crippen LogP contribution in [0, 0.1) is 5.92 Å². The van der Waals surface area contributed by atoms with Crippen LogP contribution in [0.5, 0.6) is 0 Å². The third kappa shape index (κ3) is 13.2. The summed E-state index contributed by atoms with van der Waals surface area (Å²) in [6.45, 7) is 1.06. The van der Waals surface area contributed by atoms with Gasteiger partial charge >= 0.3 is 0 Å². The smallest absolute Gasteiger partial charge is 0.0340 e. The molecule has 0 atom stereocenters. The van der Waals surface area contributed by atoms with E-state index in [9.17, 15) is 0 Å². The van der Waals surface area contributed by atoms with E-state index in [1.807, 2.05) is 18.2 Å². The van der Waals surface area contributed by atoms with Crippen molar-refractivity contribution in [3.63, 3.8) is 0 Å². The third-order valence-corrected chi connectivity index (χ3v) is 6.03. The molecule has 0 bridgehead atoms. The first-order valence-electron chi connectivity index (χ1n) is 12.2. The summed E-state index contributed by atoms with van der Waals surface area (Å²) in [4.78, 5) is 0. The van der Waals surface area contributed by atoms with Crippen LogP contribution >= 0.6 is 0 Å². The van der Waals surface area contributed by atoms with Gasteiger partial charge in [0.2, 0.25) is 0 Å². The van der Waals surface area contributed by atoms with Crippen molar-refractivity contribution >= 4 is 0 Å². The fourth-order valence-electron chi connectivity index (χ4n) is 4.27. The molecule has 2 aliphatic carbocycles. The summed E-state index contributed by atoms with van der Waals surface area (Å²) in [6, 6.07) is 0. The SMILES string of the molecule is C1=C\C=C/C=C\C(NCCCCCCC2CCCCCCCCC2)=C/C=C\C=C/1. The predicted octanol–water partition coefficient (Wildman–Crippen LogP) is 8.35. The van der Waals surface area contributed by atoms with Crippen molar-refractivity contribution in [3.05, 3.63) is 72.5 Å². The molecule has 2 aliphatic rings. The Labute approximate surface area is 180 Å². The Morgan fingerprint density at radius 3 is 1.83 bits per heavy atom. The molecular weight excluding hydrogens is 350 g/mol. The molecule has 160 valence electrons. The summed E-state index contributed by atoms with van der Waals surface area (Å²) in [5.74, 6) is 1.02. The van der Waals surface area contributed by atoms with Gasteiger partial charge in [0.05, 0.1) is 0 Å². The first-order valence-corrected chi connectivity index (χ1v) is 12.2. The second-order valence-corrected chi connectivity index (χ2v) is 8.57. The van der Waals surface area contributed by atoms with Crippen LogP contribution in [0.2, 0.25) is 0 Å². The fourth-order valence-corrected chi connectivity index (χ4v) is 4.27. The van der Waals surface area contributed by atoms with Gasteiger partial charge < -0.3 is 5.32 Å².